The molecule has 0 aliphatic heterocycles. The van der Waals surface area contributed by atoms with Gasteiger partial charge in [-0.25, -0.2) is 0 Å². The van der Waals surface area contributed by atoms with E-state index in [1.54, 1.807) is 0 Å². The number of ether oxygens (including phenoxy) is 1. The van der Waals surface area contributed by atoms with Crippen molar-refractivity contribution < 1.29 is 24.5 Å². The van der Waals surface area contributed by atoms with Crippen LogP contribution in [0.15, 0.2) is 24.3 Å². The van der Waals surface area contributed by atoms with Gasteiger partial charge in [0.25, 0.3) is 0 Å². The molecule has 0 aliphatic rings. The summed E-state index contributed by atoms with van der Waals surface area (Å²) < 4.78 is 5.92. The average molecular weight is 804 g/mol. The van der Waals surface area contributed by atoms with Crippen LogP contribution in [0.4, 0.5) is 0 Å². The fourth-order valence-electron chi connectivity index (χ4n) is 7.72. The van der Waals surface area contributed by atoms with Crippen LogP contribution in [0.3, 0.4) is 0 Å². The van der Waals surface area contributed by atoms with Crippen LogP contribution < -0.4 is 5.32 Å². The normalized spacial score (nSPS) is 13.4. The van der Waals surface area contributed by atoms with Crippen molar-refractivity contribution in [2.75, 3.05) is 6.61 Å². The molecule has 0 aromatic rings. The molecule has 0 saturated heterocycles. The van der Waals surface area contributed by atoms with E-state index in [0.29, 0.717) is 19.3 Å². The molecule has 0 aromatic carbocycles. The van der Waals surface area contributed by atoms with Crippen LogP contribution in [-0.4, -0.2) is 46.9 Å². The summed E-state index contributed by atoms with van der Waals surface area (Å²) in [6.45, 7) is 6.45. The lowest BCUT2D eigenvalue weighted by Crippen LogP contribution is -2.46. The molecule has 0 radical (unpaired) electrons. The van der Waals surface area contributed by atoms with Crippen LogP contribution in [0.2, 0.25) is 0 Å². The number of carbonyl (C=O) groups is 2. The van der Waals surface area contributed by atoms with Gasteiger partial charge < -0.3 is 20.3 Å². The summed E-state index contributed by atoms with van der Waals surface area (Å²) in [6, 6.07) is -0.702. The van der Waals surface area contributed by atoms with Gasteiger partial charge in [-0.15, -0.1) is 0 Å². The third-order valence-electron chi connectivity index (χ3n) is 11.6. The molecule has 0 fully saturated rings. The molecule has 57 heavy (non-hydrogen) atoms. The van der Waals surface area contributed by atoms with Crippen molar-refractivity contribution in [3.8, 4) is 0 Å². The third-order valence-corrected chi connectivity index (χ3v) is 11.6. The Bertz CT molecular complexity index is 904. The maximum absolute atomic E-state index is 13.2. The molecule has 336 valence electrons. The van der Waals surface area contributed by atoms with Gasteiger partial charge in [-0.05, 0) is 51.4 Å². The van der Waals surface area contributed by atoms with Crippen molar-refractivity contribution in [1.82, 2.24) is 5.32 Å². The average Bonchev–Trinajstić information content (AvgIpc) is 3.20. The highest BCUT2D eigenvalue weighted by Crippen LogP contribution is 2.18. The van der Waals surface area contributed by atoms with Gasteiger partial charge in [0, 0.05) is 6.42 Å². The molecule has 0 aromatic heterocycles. The van der Waals surface area contributed by atoms with Crippen LogP contribution >= 0.6 is 0 Å². The zero-order chi connectivity index (χ0) is 41.7. The summed E-state index contributed by atoms with van der Waals surface area (Å²) in [7, 11) is 0. The van der Waals surface area contributed by atoms with Crippen LogP contribution in [0, 0.1) is 0 Å². The van der Waals surface area contributed by atoms with E-state index in [9.17, 15) is 19.8 Å². The number of esters is 1. The maximum atomic E-state index is 13.2. The number of hydrogen-bond acceptors (Lipinski definition) is 5. The van der Waals surface area contributed by atoms with Crippen LogP contribution in [0.25, 0.3) is 0 Å². The van der Waals surface area contributed by atoms with E-state index < -0.39 is 18.2 Å². The Hall–Kier alpha value is -1.66. The molecule has 0 heterocycles. The lowest BCUT2D eigenvalue weighted by atomic mass is 10.0. The maximum Gasteiger partial charge on any atom is 0.306 e. The Labute approximate surface area is 354 Å². The number of hydrogen-bond donors (Lipinski definition) is 3. The predicted octanol–water partition coefficient (Wildman–Crippen LogP) is 14.7. The summed E-state index contributed by atoms with van der Waals surface area (Å²) in [5, 5.41) is 23.7. The second-order valence-corrected chi connectivity index (χ2v) is 17.3. The largest absolute Gasteiger partial charge is 0.462 e. The molecule has 0 saturated carbocycles. The monoisotopic (exact) mass is 804 g/mol. The summed E-state index contributed by atoms with van der Waals surface area (Å²) >= 11 is 0. The van der Waals surface area contributed by atoms with Crippen molar-refractivity contribution in [1.29, 1.82) is 0 Å². The van der Waals surface area contributed by atoms with Gasteiger partial charge in [0.2, 0.25) is 5.91 Å². The van der Waals surface area contributed by atoms with E-state index in [1.807, 2.05) is 0 Å². The zero-order valence-corrected chi connectivity index (χ0v) is 38.2. The predicted molar refractivity (Wildman–Crippen MR) is 246 cm³/mol. The highest BCUT2D eigenvalue weighted by atomic mass is 16.5. The molecule has 3 atom stereocenters. The number of nitrogens with one attached hydrogen (secondary N) is 1. The van der Waals surface area contributed by atoms with Gasteiger partial charge in [-0.3, -0.25) is 9.59 Å². The Morgan fingerprint density at radius 2 is 0.877 bits per heavy atom. The number of amides is 1. The highest BCUT2D eigenvalue weighted by molar-refractivity contribution is 5.77. The second kappa shape index (κ2) is 45.4. The van der Waals surface area contributed by atoms with E-state index in [1.165, 1.54) is 141 Å². The SMILES string of the molecule is CCCCC/C=C/C=C/CCCCCCC(CC(=O)NC(CO)C(O)CCCCCCCCCCCCCC)OC(=O)CCCCCCCCCCCCCCC. The number of aliphatic hydroxyl groups is 2. The Balaban J connectivity index is 4.59. The van der Waals surface area contributed by atoms with Crippen molar-refractivity contribution in [2.45, 2.75) is 283 Å². The van der Waals surface area contributed by atoms with E-state index >= 15 is 0 Å². The number of aliphatic hydroxyl groups excluding tert-OH is 2. The minimum absolute atomic E-state index is 0.0689. The van der Waals surface area contributed by atoms with Gasteiger partial charge in [0.15, 0.2) is 0 Å². The van der Waals surface area contributed by atoms with E-state index in [4.69, 9.17) is 4.74 Å². The number of rotatable bonds is 45. The van der Waals surface area contributed by atoms with Gasteiger partial charge in [0.1, 0.15) is 6.10 Å². The quantitative estimate of drug-likeness (QED) is 0.0324. The topological polar surface area (TPSA) is 95.9 Å². The van der Waals surface area contributed by atoms with Crippen LogP contribution in [0.5, 0.6) is 0 Å². The smallest absolute Gasteiger partial charge is 0.306 e. The second-order valence-electron chi connectivity index (χ2n) is 17.3. The van der Waals surface area contributed by atoms with Gasteiger partial charge in [0.05, 0.1) is 25.2 Å². The van der Waals surface area contributed by atoms with Crippen molar-refractivity contribution >= 4 is 11.9 Å². The molecule has 0 aliphatic carbocycles. The first kappa shape index (κ1) is 55.3. The minimum atomic E-state index is -0.788. The standard InChI is InChI=1S/C51H97NO5/c1-4-7-10-13-16-19-22-25-27-30-33-36-39-42-47(57-51(56)44-41-38-35-32-29-26-23-20-17-14-11-8-5-2)45-50(55)52-48(46-53)49(54)43-40-37-34-31-28-24-21-18-15-12-9-6-3/h16,19,22,25,47-49,53-54H,4-15,17-18,20-21,23-24,26-46H2,1-3H3,(H,52,55)/b19-16+,25-22+. The van der Waals surface area contributed by atoms with E-state index in [-0.39, 0.29) is 24.9 Å². The molecule has 0 spiro atoms. The number of allylic oxidation sites excluding steroid dienone is 4. The first-order chi connectivity index (χ1) is 28.0. The third kappa shape index (κ3) is 40.9. The molecule has 0 rings (SSSR count). The fraction of sp³-hybridized carbons (Fsp3) is 0.882. The number of carbonyl (C=O) groups excluding carboxylic acids is 2. The summed E-state index contributed by atoms with van der Waals surface area (Å²) in [5.41, 5.74) is 0. The van der Waals surface area contributed by atoms with Gasteiger partial charge in [-0.1, -0.05) is 225 Å². The molecular weight excluding hydrogens is 707 g/mol. The van der Waals surface area contributed by atoms with Crippen molar-refractivity contribution in [2.24, 2.45) is 0 Å². The molecule has 1 amide bonds. The van der Waals surface area contributed by atoms with E-state index in [0.717, 1.165) is 77.0 Å². The lowest BCUT2D eigenvalue weighted by molar-refractivity contribution is -0.151. The zero-order valence-electron chi connectivity index (χ0n) is 38.2. The van der Waals surface area contributed by atoms with E-state index in [2.05, 4.69) is 50.4 Å². The molecular formula is C51H97NO5. The van der Waals surface area contributed by atoms with Crippen LogP contribution in [0.1, 0.15) is 265 Å². The molecule has 3 unspecified atom stereocenters. The highest BCUT2D eigenvalue weighted by Gasteiger charge is 2.24. The van der Waals surface area contributed by atoms with Gasteiger partial charge in [-0.2, -0.15) is 0 Å². The first-order valence-electron chi connectivity index (χ1n) is 25.1. The molecule has 6 heteroatoms. The summed E-state index contributed by atoms with van der Waals surface area (Å²) in [5.74, 6) is -0.482. The fourth-order valence-corrected chi connectivity index (χ4v) is 7.72. The molecule has 0 bridgehead atoms. The Morgan fingerprint density at radius 1 is 0.509 bits per heavy atom. The lowest BCUT2D eigenvalue weighted by Gasteiger charge is -2.24. The first-order valence-corrected chi connectivity index (χ1v) is 25.1. The van der Waals surface area contributed by atoms with Crippen molar-refractivity contribution in [3.05, 3.63) is 24.3 Å². The Kier molecular flexibility index (Phi) is 44.1. The van der Waals surface area contributed by atoms with Gasteiger partial charge >= 0.3 is 5.97 Å². The Morgan fingerprint density at radius 3 is 1.33 bits per heavy atom. The molecule has 6 nitrogen and oxygen atoms in total. The van der Waals surface area contributed by atoms with Crippen molar-refractivity contribution in [3.63, 3.8) is 0 Å². The number of unbranched alkanes of at least 4 members (excludes halogenated alkanes) is 30. The summed E-state index contributed by atoms with van der Waals surface area (Å²) in [6.07, 6.45) is 50.9. The van der Waals surface area contributed by atoms with Crippen LogP contribution in [-0.2, 0) is 14.3 Å². The summed E-state index contributed by atoms with van der Waals surface area (Å²) in [4.78, 5) is 26.1. The molecule has 3 N–H and O–H groups in total. The minimum Gasteiger partial charge on any atom is -0.462 e.